The number of hydrogen-bond acceptors (Lipinski definition) is 3. The van der Waals surface area contributed by atoms with Crippen molar-refractivity contribution in [2.45, 2.75) is 25.3 Å². The Bertz CT molecular complexity index is 649. The van der Waals surface area contributed by atoms with Crippen molar-refractivity contribution in [1.82, 2.24) is 10.3 Å². The first-order chi connectivity index (χ1) is 9.84. The monoisotopic (exact) mass is 287 g/mol. The molecule has 104 valence electrons. The van der Waals surface area contributed by atoms with Crippen molar-refractivity contribution in [2.24, 2.45) is 0 Å². The number of anilines is 1. The van der Waals surface area contributed by atoms with Gasteiger partial charge in [0.15, 0.2) is 0 Å². The minimum atomic E-state index is 0.655. The summed E-state index contributed by atoms with van der Waals surface area (Å²) in [6.45, 7) is 3.31. The average Bonchev–Trinajstić information content (AvgIpc) is 2.52. The molecule has 20 heavy (non-hydrogen) atoms. The highest BCUT2D eigenvalue weighted by Crippen LogP contribution is 2.38. The summed E-state index contributed by atoms with van der Waals surface area (Å²) in [6, 6.07) is 7.17. The van der Waals surface area contributed by atoms with Gasteiger partial charge in [0.2, 0.25) is 0 Å². The van der Waals surface area contributed by atoms with E-state index in [1.807, 2.05) is 6.20 Å². The second kappa shape index (κ2) is 4.90. The van der Waals surface area contributed by atoms with Crippen molar-refractivity contribution in [1.29, 1.82) is 0 Å². The van der Waals surface area contributed by atoms with Crippen molar-refractivity contribution in [2.75, 3.05) is 24.5 Å². The van der Waals surface area contributed by atoms with E-state index in [9.17, 15) is 0 Å². The van der Waals surface area contributed by atoms with Crippen LogP contribution in [-0.4, -0.2) is 30.7 Å². The topological polar surface area (TPSA) is 28.2 Å². The van der Waals surface area contributed by atoms with Gasteiger partial charge in [0.25, 0.3) is 0 Å². The molecule has 3 nitrogen and oxygen atoms in total. The fraction of sp³-hybridized carbons (Fsp3) is 0.438. The average molecular weight is 288 g/mol. The molecule has 0 atom stereocenters. The molecule has 3 heterocycles. The van der Waals surface area contributed by atoms with Gasteiger partial charge >= 0.3 is 0 Å². The maximum Gasteiger partial charge on any atom is 0.132 e. The fourth-order valence-electron chi connectivity index (χ4n) is 3.62. The van der Waals surface area contributed by atoms with Gasteiger partial charge < -0.3 is 10.2 Å². The van der Waals surface area contributed by atoms with Crippen LogP contribution in [-0.2, 0) is 6.42 Å². The van der Waals surface area contributed by atoms with E-state index in [1.165, 1.54) is 34.9 Å². The van der Waals surface area contributed by atoms with E-state index in [0.717, 1.165) is 26.1 Å². The van der Waals surface area contributed by atoms with Gasteiger partial charge in [-0.2, -0.15) is 0 Å². The molecule has 2 aliphatic heterocycles. The standard InChI is InChI=1S/C16H18ClN3/c17-16-13-6-9-20(12-4-7-18-8-5-12)14-3-1-2-11(10-19-16)15(13)14/h1-3,10,12,18H,4-9H2. The molecule has 1 N–H and O–H groups in total. The zero-order valence-electron chi connectivity index (χ0n) is 11.4. The number of hydrogen-bond donors (Lipinski definition) is 1. The highest BCUT2D eigenvalue weighted by atomic mass is 35.5. The van der Waals surface area contributed by atoms with Crippen molar-refractivity contribution < 1.29 is 0 Å². The summed E-state index contributed by atoms with van der Waals surface area (Å²) >= 11 is 6.30. The van der Waals surface area contributed by atoms with E-state index in [2.05, 4.69) is 33.4 Å². The minimum absolute atomic E-state index is 0.655. The third kappa shape index (κ3) is 1.88. The minimum Gasteiger partial charge on any atom is -0.368 e. The number of rotatable bonds is 1. The zero-order valence-corrected chi connectivity index (χ0v) is 12.2. The first kappa shape index (κ1) is 12.4. The Hall–Kier alpha value is -1.32. The third-order valence-electron chi connectivity index (χ3n) is 4.60. The summed E-state index contributed by atoms with van der Waals surface area (Å²) in [6.07, 6.45) is 5.36. The molecule has 0 aliphatic carbocycles. The highest BCUT2D eigenvalue weighted by Gasteiger charge is 2.27. The summed E-state index contributed by atoms with van der Waals surface area (Å²) in [4.78, 5) is 6.92. The molecule has 1 saturated heterocycles. The smallest absolute Gasteiger partial charge is 0.132 e. The zero-order chi connectivity index (χ0) is 13.5. The Morgan fingerprint density at radius 2 is 2.10 bits per heavy atom. The van der Waals surface area contributed by atoms with Crippen LogP contribution < -0.4 is 10.2 Å². The number of halogens is 1. The molecule has 1 fully saturated rings. The van der Waals surface area contributed by atoms with Crippen LogP contribution in [0.25, 0.3) is 10.8 Å². The Morgan fingerprint density at radius 1 is 1.25 bits per heavy atom. The molecule has 2 aromatic rings. The highest BCUT2D eigenvalue weighted by molar-refractivity contribution is 6.31. The third-order valence-corrected chi connectivity index (χ3v) is 4.93. The largest absolute Gasteiger partial charge is 0.368 e. The summed E-state index contributed by atoms with van der Waals surface area (Å²) in [5.74, 6) is 0. The molecule has 1 aromatic carbocycles. The van der Waals surface area contributed by atoms with Crippen LogP contribution in [0.15, 0.2) is 24.4 Å². The number of piperidine rings is 1. The van der Waals surface area contributed by atoms with Gasteiger partial charge in [-0.3, -0.25) is 0 Å². The normalized spacial score (nSPS) is 19.6. The molecule has 2 aliphatic rings. The van der Waals surface area contributed by atoms with Gasteiger partial charge in [0, 0.05) is 40.8 Å². The van der Waals surface area contributed by atoms with Crippen molar-refractivity contribution in [3.8, 4) is 0 Å². The van der Waals surface area contributed by atoms with Gasteiger partial charge in [-0.25, -0.2) is 4.98 Å². The number of nitrogens with zero attached hydrogens (tertiary/aromatic N) is 2. The predicted octanol–water partition coefficient (Wildman–Crippen LogP) is 3.00. The summed E-state index contributed by atoms with van der Waals surface area (Å²) < 4.78 is 0. The summed E-state index contributed by atoms with van der Waals surface area (Å²) in [7, 11) is 0. The maximum absolute atomic E-state index is 6.30. The van der Waals surface area contributed by atoms with Gasteiger partial charge in [-0.1, -0.05) is 23.7 Å². The Morgan fingerprint density at radius 3 is 2.95 bits per heavy atom. The molecular formula is C16H18ClN3. The summed E-state index contributed by atoms with van der Waals surface area (Å²) in [5, 5.41) is 6.65. The van der Waals surface area contributed by atoms with Crippen LogP contribution in [0, 0.1) is 0 Å². The predicted molar refractivity (Wildman–Crippen MR) is 83.7 cm³/mol. The van der Waals surface area contributed by atoms with Crippen LogP contribution in [0.3, 0.4) is 0 Å². The molecule has 0 unspecified atom stereocenters. The lowest BCUT2D eigenvalue weighted by atomic mass is 9.95. The van der Waals surface area contributed by atoms with E-state index in [1.54, 1.807) is 0 Å². The van der Waals surface area contributed by atoms with Gasteiger partial charge in [0.05, 0.1) is 0 Å². The van der Waals surface area contributed by atoms with Gasteiger partial charge in [-0.05, 0) is 38.4 Å². The van der Waals surface area contributed by atoms with Crippen LogP contribution >= 0.6 is 11.6 Å². The molecule has 1 aromatic heterocycles. The van der Waals surface area contributed by atoms with E-state index < -0.39 is 0 Å². The van der Waals surface area contributed by atoms with Crippen LogP contribution in [0.1, 0.15) is 18.4 Å². The summed E-state index contributed by atoms with van der Waals surface area (Å²) in [5.41, 5.74) is 2.57. The van der Waals surface area contributed by atoms with Gasteiger partial charge in [-0.15, -0.1) is 0 Å². The van der Waals surface area contributed by atoms with E-state index in [4.69, 9.17) is 11.6 Å². The molecule has 4 heteroatoms. The van der Waals surface area contributed by atoms with Crippen molar-refractivity contribution in [3.05, 3.63) is 35.1 Å². The van der Waals surface area contributed by atoms with Crippen molar-refractivity contribution >= 4 is 28.1 Å². The van der Waals surface area contributed by atoms with Crippen LogP contribution in [0.5, 0.6) is 0 Å². The number of benzene rings is 1. The lowest BCUT2D eigenvalue weighted by molar-refractivity contribution is 0.429. The first-order valence-corrected chi connectivity index (χ1v) is 7.76. The molecule has 0 radical (unpaired) electrons. The maximum atomic E-state index is 6.30. The van der Waals surface area contributed by atoms with Gasteiger partial charge in [0.1, 0.15) is 5.15 Å². The van der Waals surface area contributed by atoms with E-state index in [0.29, 0.717) is 11.2 Å². The lowest BCUT2D eigenvalue weighted by Gasteiger charge is -2.39. The van der Waals surface area contributed by atoms with Crippen LogP contribution in [0.4, 0.5) is 5.69 Å². The van der Waals surface area contributed by atoms with E-state index in [-0.39, 0.29) is 0 Å². The number of pyridine rings is 1. The molecule has 0 amide bonds. The first-order valence-electron chi connectivity index (χ1n) is 7.38. The Balaban J connectivity index is 1.85. The molecule has 0 bridgehead atoms. The van der Waals surface area contributed by atoms with E-state index >= 15 is 0 Å². The molecule has 0 spiro atoms. The Kier molecular flexibility index (Phi) is 3.04. The van der Waals surface area contributed by atoms with Crippen LogP contribution in [0.2, 0.25) is 5.15 Å². The second-order valence-electron chi connectivity index (χ2n) is 5.69. The SMILES string of the molecule is Clc1ncc2cccc3c2c1CCN3C1CCNCC1. The quantitative estimate of drug-likeness (QED) is 0.817. The number of aromatic nitrogens is 1. The fourth-order valence-corrected chi connectivity index (χ4v) is 3.86. The molecular weight excluding hydrogens is 270 g/mol. The molecule has 4 rings (SSSR count). The molecule has 0 saturated carbocycles. The second-order valence-corrected chi connectivity index (χ2v) is 6.05. The lowest BCUT2D eigenvalue weighted by Crippen LogP contribution is -2.45. The Labute approximate surface area is 123 Å². The van der Waals surface area contributed by atoms with Crippen molar-refractivity contribution in [3.63, 3.8) is 0 Å². The number of nitrogens with one attached hydrogen (secondary N) is 1.